The summed E-state index contributed by atoms with van der Waals surface area (Å²) in [5.41, 5.74) is 3.31. The average Bonchev–Trinajstić information content (AvgIpc) is 3.17. The highest BCUT2D eigenvalue weighted by Gasteiger charge is 2.15. The van der Waals surface area contributed by atoms with Crippen molar-refractivity contribution in [2.24, 2.45) is 0 Å². The van der Waals surface area contributed by atoms with Gasteiger partial charge in [0.05, 0.1) is 38.6 Å². The van der Waals surface area contributed by atoms with Crippen LogP contribution in [-0.2, 0) is 4.79 Å². The minimum atomic E-state index is -0.375. The SMILES string of the molecule is C[NH+](C)CCNC(=O)/C(C#N)=C/c1cn(-c2ccccc2)nc1-c1ccccc1. The van der Waals surface area contributed by atoms with E-state index in [1.165, 1.54) is 4.90 Å². The van der Waals surface area contributed by atoms with Crippen molar-refractivity contribution in [3.05, 3.63) is 78.0 Å². The molecule has 29 heavy (non-hydrogen) atoms. The highest BCUT2D eigenvalue weighted by molar-refractivity contribution is 6.02. The Labute approximate surface area is 170 Å². The molecule has 1 heterocycles. The minimum Gasteiger partial charge on any atom is -0.346 e. The van der Waals surface area contributed by atoms with Crippen LogP contribution in [0.5, 0.6) is 0 Å². The van der Waals surface area contributed by atoms with E-state index in [2.05, 4.69) is 5.32 Å². The zero-order chi connectivity index (χ0) is 20.6. The third-order valence-corrected chi connectivity index (χ3v) is 4.39. The molecule has 1 amide bonds. The number of hydrogen-bond acceptors (Lipinski definition) is 3. The summed E-state index contributed by atoms with van der Waals surface area (Å²) in [6, 6.07) is 21.5. The molecule has 0 spiro atoms. The van der Waals surface area contributed by atoms with Gasteiger partial charge in [-0.05, 0) is 18.2 Å². The van der Waals surface area contributed by atoms with Gasteiger partial charge in [-0.1, -0.05) is 48.5 Å². The predicted molar refractivity (Wildman–Crippen MR) is 113 cm³/mol. The Hall–Kier alpha value is -3.69. The van der Waals surface area contributed by atoms with E-state index in [9.17, 15) is 10.1 Å². The fraction of sp³-hybridized carbons (Fsp3) is 0.174. The summed E-state index contributed by atoms with van der Waals surface area (Å²) in [6.07, 6.45) is 3.44. The number of benzene rings is 2. The summed E-state index contributed by atoms with van der Waals surface area (Å²) in [4.78, 5) is 13.7. The van der Waals surface area contributed by atoms with Gasteiger partial charge in [0.15, 0.2) is 0 Å². The van der Waals surface area contributed by atoms with Gasteiger partial charge in [-0.25, -0.2) is 4.68 Å². The van der Waals surface area contributed by atoms with Gasteiger partial charge in [-0.15, -0.1) is 0 Å². The van der Waals surface area contributed by atoms with Gasteiger partial charge in [0, 0.05) is 17.3 Å². The van der Waals surface area contributed by atoms with Crippen molar-refractivity contribution >= 4 is 12.0 Å². The van der Waals surface area contributed by atoms with E-state index in [1.54, 1.807) is 10.8 Å². The Morgan fingerprint density at radius 1 is 1.14 bits per heavy atom. The number of amides is 1. The first-order valence-corrected chi connectivity index (χ1v) is 9.48. The summed E-state index contributed by atoms with van der Waals surface area (Å²) in [7, 11) is 4.02. The molecule has 0 radical (unpaired) electrons. The predicted octanol–water partition coefficient (Wildman–Crippen LogP) is 1.71. The van der Waals surface area contributed by atoms with Gasteiger partial charge in [0.25, 0.3) is 5.91 Å². The van der Waals surface area contributed by atoms with Crippen molar-refractivity contribution in [2.45, 2.75) is 0 Å². The molecule has 3 aromatic rings. The number of nitriles is 1. The Morgan fingerprint density at radius 3 is 2.41 bits per heavy atom. The van der Waals surface area contributed by atoms with Crippen LogP contribution in [0.25, 0.3) is 23.0 Å². The Kier molecular flexibility index (Phi) is 6.56. The molecule has 0 aliphatic heterocycles. The number of rotatable bonds is 7. The van der Waals surface area contributed by atoms with Crippen LogP contribution in [0.4, 0.5) is 0 Å². The van der Waals surface area contributed by atoms with Gasteiger partial charge >= 0.3 is 0 Å². The van der Waals surface area contributed by atoms with Crippen molar-refractivity contribution in [1.82, 2.24) is 15.1 Å². The molecule has 0 aliphatic carbocycles. The molecule has 6 heteroatoms. The maximum absolute atomic E-state index is 12.4. The van der Waals surface area contributed by atoms with Crippen LogP contribution in [0, 0.1) is 11.3 Å². The largest absolute Gasteiger partial charge is 0.346 e. The van der Waals surface area contributed by atoms with E-state index in [-0.39, 0.29) is 11.5 Å². The second-order valence-corrected chi connectivity index (χ2v) is 6.96. The smallest absolute Gasteiger partial charge is 0.262 e. The first-order chi connectivity index (χ1) is 14.1. The highest BCUT2D eigenvalue weighted by Crippen LogP contribution is 2.25. The first-order valence-electron chi connectivity index (χ1n) is 9.48. The van der Waals surface area contributed by atoms with Crippen LogP contribution in [0.15, 0.2) is 72.4 Å². The maximum Gasteiger partial charge on any atom is 0.262 e. The van der Waals surface area contributed by atoms with E-state index in [1.807, 2.05) is 87.0 Å². The zero-order valence-corrected chi connectivity index (χ0v) is 16.6. The maximum atomic E-state index is 12.4. The second-order valence-electron chi connectivity index (χ2n) is 6.96. The van der Waals surface area contributed by atoms with Crippen LogP contribution >= 0.6 is 0 Å². The normalized spacial score (nSPS) is 11.3. The molecule has 2 aromatic carbocycles. The van der Waals surface area contributed by atoms with Crippen LogP contribution in [0.1, 0.15) is 5.56 Å². The van der Waals surface area contributed by atoms with Crippen LogP contribution in [-0.4, -0.2) is 42.9 Å². The van der Waals surface area contributed by atoms with Crippen LogP contribution in [0.3, 0.4) is 0 Å². The molecular weight excluding hydrogens is 362 g/mol. The van der Waals surface area contributed by atoms with Crippen molar-refractivity contribution in [3.8, 4) is 23.0 Å². The third-order valence-electron chi connectivity index (χ3n) is 4.39. The van der Waals surface area contributed by atoms with Gasteiger partial charge in [-0.3, -0.25) is 4.79 Å². The molecule has 0 fully saturated rings. The number of nitrogens with one attached hydrogen (secondary N) is 2. The third kappa shape index (κ3) is 5.18. The number of carbonyl (C=O) groups is 1. The lowest BCUT2D eigenvalue weighted by Gasteiger charge is -2.07. The molecule has 146 valence electrons. The number of quaternary nitrogens is 1. The van der Waals surface area contributed by atoms with Gasteiger partial charge in [-0.2, -0.15) is 10.4 Å². The van der Waals surface area contributed by atoms with E-state index < -0.39 is 0 Å². The van der Waals surface area contributed by atoms with E-state index >= 15 is 0 Å². The molecule has 0 atom stereocenters. The molecule has 1 aromatic heterocycles. The summed E-state index contributed by atoms with van der Waals surface area (Å²) in [5.74, 6) is -0.375. The second kappa shape index (κ2) is 9.49. The first kappa shape index (κ1) is 20.1. The molecule has 6 nitrogen and oxygen atoms in total. The standard InChI is InChI=1S/C23H23N5O/c1-27(2)14-13-25-23(29)19(16-24)15-20-17-28(21-11-7-4-8-12-21)26-22(20)18-9-5-3-6-10-18/h3-12,15,17H,13-14H2,1-2H3,(H,25,29)/p+1/b19-15+. The summed E-state index contributed by atoms with van der Waals surface area (Å²) in [5, 5.41) is 17.1. The summed E-state index contributed by atoms with van der Waals surface area (Å²) >= 11 is 0. The number of hydrogen-bond donors (Lipinski definition) is 2. The molecule has 3 rings (SSSR count). The fourth-order valence-corrected chi connectivity index (χ4v) is 2.85. The molecule has 0 saturated heterocycles. The number of para-hydroxylation sites is 1. The zero-order valence-electron chi connectivity index (χ0n) is 16.6. The van der Waals surface area contributed by atoms with Crippen molar-refractivity contribution in [3.63, 3.8) is 0 Å². The van der Waals surface area contributed by atoms with Crippen LogP contribution in [0.2, 0.25) is 0 Å². The number of carbonyl (C=O) groups excluding carboxylic acids is 1. The lowest BCUT2D eigenvalue weighted by Crippen LogP contribution is -3.06. The molecule has 0 unspecified atom stereocenters. The quantitative estimate of drug-likeness (QED) is 0.479. The molecule has 0 bridgehead atoms. The average molecular weight is 386 g/mol. The van der Waals surface area contributed by atoms with Crippen molar-refractivity contribution < 1.29 is 9.69 Å². The number of nitrogens with zero attached hydrogens (tertiary/aromatic N) is 3. The summed E-state index contributed by atoms with van der Waals surface area (Å²) in [6.45, 7) is 1.29. The molecule has 2 N–H and O–H groups in total. The highest BCUT2D eigenvalue weighted by atomic mass is 16.1. The van der Waals surface area contributed by atoms with Crippen LogP contribution < -0.4 is 10.2 Å². The number of aromatic nitrogens is 2. The molecular formula is C23H24N5O+. The lowest BCUT2D eigenvalue weighted by atomic mass is 10.1. The number of likely N-dealkylation sites (N-methyl/N-ethyl adjacent to an activating group) is 1. The van der Waals surface area contributed by atoms with Crippen molar-refractivity contribution in [1.29, 1.82) is 5.26 Å². The van der Waals surface area contributed by atoms with E-state index in [0.29, 0.717) is 17.8 Å². The lowest BCUT2D eigenvalue weighted by molar-refractivity contribution is -0.856. The topological polar surface area (TPSA) is 75.2 Å². The van der Waals surface area contributed by atoms with Crippen molar-refractivity contribution in [2.75, 3.05) is 27.2 Å². The Balaban J connectivity index is 1.98. The summed E-state index contributed by atoms with van der Waals surface area (Å²) < 4.78 is 1.76. The van der Waals surface area contributed by atoms with Gasteiger partial charge in [0.2, 0.25) is 0 Å². The van der Waals surface area contributed by atoms with Gasteiger partial charge < -0.3 is 10.2 Å². The Bertz CT molecular complexity index is 1030. The van der Waals surface area contributed by atoms with Gasteiger partial charge in [0.1, 0.15) is 11.6 Å². The molecule has 0 aliphatic rings. The van der Waals surface area contributed by atoms with E-state index in [0.717, 1.165) is 17.8 Å². The molecule has 0 saturated carbocycles. The monoisotopic (exact) mass is 386 g/mol. The minimum absolute atomic E-state index is 0.0588. The Morgan fingerprint density at radius 2 is 1.79 bits per heavy atom. The fourth-order valence-electron chi connectivity index (χ4n) is 2.85. The van der Waals surface area contributed by atoms with E-state index in [4.69, 9.17) is 5.10 Å².